The maximum Gasteiger partial charge on any atom is 0.0207 e. The van der Waals surface area contributed by atoms with Gasteiger partial charge in [-0.1, -0.05) is 20.3 Å². The van der Waals surface area contributed by atoms with Crippen LogP contribution in [0.2, 0.25) is 0 Å². The second-order valence-corrected chi connectivity index (χ2v) is 4.55. The lowest BCUT2D eigenvalue weighted by atomic mass is 10.1. The Labute approximate surface area is 82.7 Å². The summed E-state index contributed by atoms with van der Waals surface area (Å²) in [5.74, 6) is 0.843. The van der Waals surface area contributed by atoms with Crippen molar-refractivity contribution in [3.8, 4) is 0 Å². The van der Waals surface area contributed by atoms with Crippen LogP contribution >= 0.6 is 0 Å². The molecule has 0 saturated carbocycles. The average molecular weight is 184 g/mol. The van der Waals surface area contributed by atoms with E-state index in [2.05, 4.69) is 31.1 Å². The Morgan fingerprint density at radius 3 is 2.85 bits per heavy atom. The molecule has 0 bridgehead atoms. The van der Waals surface area contributed by atoms with Gasteiger partial charge in [0, 0.05) is 12.6 Å². The zero-order valence-corrected chi connectivity index (χ0v) is 9.34. The van der Waals surface area contributed by atoms with Crippen molar-refractivity contribution in [2.75, 3.05) is 26.7 Å². The zero-order valence-electron chi connectivity index (χ0n) is 9.34. The van der Waals surface area contributed by atoms with Gasteiger partial charge < -0.3 is 10.2 Å². The Morgan fingerprint density at radius 2 is 2.31 bits per heavy atom. The third-order valence-corrected chi connectivity index (χ3v) is 2.93. The van der Waals surface area contributed by atoms with Crippen LogP contribution in [0.15, 0.2) is 0 Å². The average Bonchev–Trinajstić information content (AvgIpc) is 2.49. The number of hydrogen-bond acceptors (Lipinski definition) is 2. The lowest BCUT2D eigenvalue weighted by Gasteiger charge is -2.16. The summed E-state index contributed by atoms with van der Waals surface area (Å²) in [7, 11) is 2.21. The zero-order chi connectivity index (χ0) is 9.68. The molecular weight excluding hydrogens is 160 g/mol. The minimum atomic E-state index is 0.754. The molecule has 1 saturated heterocycles. The summed E-state index contributed by atoms with van der Waals surface area (Å²) < 4.78 is 0. The molecule has 0 radical (unpaired) electrons. The highest BCUT2D eigenvalue weighted by molar-refractivity contribution is 4.79. The van der Waals surface area contributed by atoms with Crippen molar-refractivity contribution < 1.29 is 0 Å². The predicted octanol–water partition coefficient (Wildman–Crippen LogP) is 1.72. The summed E-state index contributed by atoms with van der Waals surface area (Å²) in [4.78, 5) is 2.40. The summed E-state index contributed by atoms with van der Waals surface area (Å²) in [5.41, 5.74) is 0. The number of likely N-dealkylation sites (tertiary alicyclic amines) is 1. The summed E-state index contributed by atoms with van der Waals surface area (Å²) in [6.07, 6.45) is 4.00. The number of likely N-dealkylation sites (N-methyl/N-ethyl adjacent to an activating group) is 1. The van der Waals surface area contributed by atoms with Crippen LogP contribution in [0.5, 0.6) is 0 Å². The molecule has 0 amide bonds. The van der Waals surface area contributed by atoms with Gasteiger partial charge in [0.05, 0.1) is 0 Å². The standard InChI is InChI=1S/C11H24N2/c1-4-5-10(2)8-12-11-6-7-13(3)9-11/h10-12H,4-9H2,1-3H3/t10-,11-/m0/s1. The van der Waals surface area contributed by atoms with E-state index in [1.54, 1.807) is 0 Å². The van der Waals surface area contributed by atoms with E-state index in [0.717, 1.165) is 12.0 Å². The van der Waals surface area contributed by atoms with Gasteiger partial charge in [-0.25, -0.2) is 0 Å². The van der Waals surface area contributed by atoms with E-state index >= 15 is 0 Å². The van der Waals surface area contributed by atoms with Crippen LogP contribution in [-0.2, 0) is 0 Å². The van der Waals surface area contributed by atoms with Gasteiger partial charge in [0.15, 0.2) is 0 Å². The summed E-state index contributed by atoms with van der Waals surface area (Å²) >= 11 is 0. The van der Waals surface area contributed by atoms with Crippen molar-refractivity contribution in [3.05, 3.63) is 0 Å². The molecule has 2 nitrogen and oxygen atoms in total. The molecule has 0 spiro atoms. The Kier molecular flexibility index (Phi) is 4.74. The highest BCUT2D eigenvalue weighted by Crippen LogP contribution is 2.08. The molecule has 13 heavy (non-hydrogen) atoms. The van der Waals surface area contributed by atoms with Crippen molar-refractivity contribution >= 4 is 0 Å². The maximum atomic E-state index is 3.65. The first-order chi connectivity index (χ1) is 6.22. The lowest BCUT2D eigenvalue weighted by Crippen LogP contribution is -2.34. The first-order valence-electron chi connectivity index (χ1n) is 5.64. The minimum Gasteiger partial charge on any atom is -0.312 e. The van der Waals surface area contributed by atoms with Gasteiger partial charge in [0.1, 0.15) is 0 Å². The van der Waals surface area contributed by atoms with Crippen LogP contribution in [-0.4, -0.2) is 37.6 Å². The van der Waals surface area contributed by atoms with E-state index in [4.69, 9.17) is 0 Å². The number of nitrogens with zero attached hydrogens (tertiary/aromatic N) is 1. The molecule has 2 atom stereocenters. The van der Waals surface area contributed by atoms with Gasteiger partial charge in [-0.05, 0) is 38.9 Å². The Hall–Kier alpha value is -0.0800. The van der Waals surface area contributed by atoms with Crippen LogP contribution in [0.3, 0.4) is 0 Å². The monoisotopic (exact) mass is 184 g/mol. The summed E-state index contributed by atoms with van der Waals surface area (Å²) in [5, 5.41) is 3.65. The molecule has 1 N–H and O–H groups in total. The molecule has 1 heterocycles. The number of hydrogen-bond donors (Lipinski definition) is 1. The molecule has 0 aliphatic carbocycles. The molecule has 1 rings (SSSR count). The molecule has 78 valence electrons. The van der Waals surface area contributed by atoms with Crippen molar-refractivity contribution in [3.63, 3.8) is 0 Å². The van der Waals surface area contributed by atoms with E-state index in [0.29, 0.717) is 0 Å². The topological polar surface area (TPSA) is 15.3 Å². The van der Waals surface area contributed by atoms with Crippen molar-refractivity contribution in [1.82, 2.24) is 10.2 Å². The fourth-order valence-electron chi connectivity index (χ4n) is 2.06. The fraction of sp³-hybridized carbons (Fsp3) is 1.00. The summed E-state index contributed by atoms with van der Waals surface area (Å²) in [6.45, 7) is 8.31. The molecule has 1 aliphatic rings. The molecule has 0 unspecified atom stereocenters. The lowest BCUT2D eigenvalue weighted by molar-refractivity contribution is 0.383. The van der Waals surface area contributed by atoms with E-state index < -0.39 is 0 Å². The first kappa shape index (κ1) is 11.0. The molecule has 0 aromatic rings. The highest BCUT2D eigenvalue weighted by Gasteiger charge is 2.18. The van der Waals surface area contributed by atoms with E-state index in [9.17, 15) is 0 Å². The predicted molar refractivity (Wildman–Crippen MR) is 58.0 cm³/mol. The van der Waals surface area contributed by atoms with Crippen LogP contribution in [0.1, 0.15) is 33.1 Å². The van der Waals surface area contributed by atoms with Gasteiger partial charge in [0.2, 0.25) is 0 Å². The van der Waals surface area contributed by atoms with Crippen LogP contribution in [0.25, 0.3) is 0 Å². The highest BCUT2D eigenvalue weighted by atomic mass is 15.2. The Morgan fingerprint density at radius 1 is 1.54 bits per heavy atom. The van der Waals surface area contributed by atoms with Crippen molar-refractivity contribution in [1.29, 1.82) is 0 Å². The van der Waals surface area contributed by atoms with Crippen molar-refractivity contribution in [2.24, 2.45) is 5.92 Å². The SMILES string of the molecule is CCC[C@H](C)CN[C@H]1CCN(C)C1. The molecule has 0 aromatic heterocycles. The largest absolute Gasteiger partial charge is 0.312 e. The van der Waals surface area contributed by atoms with Crippen molar-refractivity contribution in [2.45, 2.75) is 39.2 Å². The van der Waals surface area contributed by atoms with Gasteiger partial charge in [-0.15, -0.1) is 0 Å². The van der Waals surface area contributed by atoms with Gasteiger partial charge in [-0.2, -0.15) is 0 Å². The molecule has 0 aromatic carbocycles. The second kappa shape index (κ2) is 5.61. The maximum absolute atomic E-state index is 3.65. The fourth-order valence-corrected chi connectivity index (χ4v) is 2.06. The number of rotatable bonds is 5. The Bertz CT molecular complexity index is 136. The van der Waals surface area contributed by atoms with Crippen LogP contribution in [0.4, 0.5) is 0 Å². The normalized spacial score (nSPS) is 26.5. The van der Waals surface area contributed by atoms with E-state index in [1.165, 1.54) is 38.9 Å². The Balaban J connectivity index is 2.05. The first-order valence-corrected chi connectivity index (χ1v) is 5.64. The van der Waals surface area contributed by atoms with Gasteiger partial charge in [-0.3, -0.25) is 0 Å². The van der Waals surface area contributed by atoms with Crippen LogP contribution < -0.4 is 5.32 Å². The molecule has 1 aliphatic heterocycles. The van der Waals surface area contributed by atoms with Gasteiger partial charge >= 0.3 is 0 Å². The molecule has 2 heteroatoms. The smallest absolute Gasteiger partial charge is 0.0207 e. The number of nitrogens with one attached hydrogen (secondary N) is 1. The van der Waals surface area contributed by atoms with E-state index in [1.807, 2.05) is 0 Å². The van der Waals surface area contributed by atoms with Crippen LogP contribution in [0, 0.1) is 5.92 Å². The molecular formula is C11H24N2. The molecule has 1 fully saturated rings. The third-order valence-electron chi connectivity index (χ3n) is 2.93. The summed E-state index contributed by atoms with van der Waals surface area (Å²) in [6, 6.07) is 0.754. The van der Waals surface area contributed by atoms with Gasteiger partial charge in [0.25, 0.3) is 0 Å². The quantitative estimate of drug-likeness (QED) is 0.700. The third kappa shape index (κ3) is 4.10. The van der Waals surface area contributed by atoms with E-state index in [-0.39, 0.29) is 0 Å². The minimum absolute atomic E-state index is 0.754. The second-order valence-electron chi connectivity index (χ2n) is 4.55.